The Bertz CT molecular complexity index is 187. The van der Waals surface area contributed by atoms with Crippen LogP contribution in [0.2, 0.25) is 0 Å². The molecule has 0 unspecified atom stereocenters. The van der Waals surface area contributed by atoms with Gasteiger partial charge in [0.15, 0.2) is 0 Å². The Kier molecular flexibility index (Phi) is 2.00. The molecule has 0 amide bonds. The largest absolute Gasteiger partial charge is 0.383 e. The van der Waals surface area contributed by atoms with Crippen molar-refractivity contribution >= 4 is 0 Å². The van der Waals surface area contributed by atoms with Crippen LogP contribution in [0.5, 0.6) is 0 Å². The monoisotopic (exact) mass is 153 g/mol. The van der Waals surface area contributed by atoms with Crippen molar-refractivity contribution in [3.05, 3.63) is 11.3 Å². The molecule has 1 aliphatic heterocycles. The van der Waals surface area contributed by atoms with Gasteiger partial charge in [-0.3, -0.25) is 0 Å². The van der Waals surface area contributed by atoms with Crippen LogP contribution in [0.25, 0.3) is 0 Å². The number of hydrogen-bond acceptors (Lipinski definition) is 1. The predicted octanol–water partition coefficient (Wildman–Crippen LogP) is 2.69. The minimum Gasteiger partial charge on any atom is -0.383 e. The third kappa shape index (κ3) is 1.76. The first-order valence-corrected chi connectivity index (χ1v) is 4.40. The van der Waals surface area contributed by atoms with E-state index in [1.807, 2.05) is 0 Å². The van der Waals surface area contributed by atoms with Crippen LogP contribution in [0.3, 0.4) is 0 Å². The van der Waals surface area contributed by atoms with Crippen LogP contribution in [-0.4, -0.2) is 5.54 Å². The third-order valence-corrected chi connectivity index (χ3v) is 2.34. The molecule has 0 aromatic rings. The Labute approximate surface area is 69.9 Å². The second-order valence-electron chi connectivity index (χ2n) is 4.49. The number of rotatable bonds is 1. The van der Waals surface area contributed by atoms with Gasteiger partial charge in [0.25, 0.3) is 0 Å². The summed E-state index contributed by atoms with van der Waals surface area (Å²) in [6, 6.07) is 0. The van der Waals surface area contributed by atoms with E-state index in [2.05, 4.69) is 39.9 Å². The minimum atomic E-state index is 0.295. The molecule has 0 bridgehead atoms. The maximum Gasteiger partial charge on any atom is 0.0352 e. The van der Waals surface area contributed by atoms with Crippen LogP contribution >= 0.6 is 0 Å². The van der Waals surface area contributed by atoms with Gasteiger partial charge in [0.2, 0.25) is 0 Å². The Balaban J connectivity index is 2.75. The SMILES string of the molecule is CC1=C(C(C)C)CC(C)(C)N1. The van der Waals surface area contributed by atoms with Crippen molar-refractivity contribution in [2.75, 3.05) is 0 Å². The first-order valence-electron chi connectivity index (χ1n) is 4.40. The van der Waals surface area contributed by atoms with Gasteiger partial charge in [-0.15, -0.1) is 0 Å². The topological polar surface area (TPSA) is 12.0 Å². The highest BCUT2D eigenvalue weighted by Gasteiger charge is 2.28. The smallest absolute Gasteiger partial charge is 0.0352 e. The van der Waals surface area contributed by atoms with Gasteiger partial charge in [-0.25, -0.2) is 0 Å². The second-order valence-corrected chi connectivity index (χ2v) is 4.49. The maximum atomic E-state index is 3.50. The molecule has 1 N–H and O–H groups in total. The van der Waals surface area contributed by atoms with Gasteiger partial charge in [-0.05, 0) is 38.7 Å². The molecule has 0 radical (unpaired) electrons. The lowest BCUT2D eigenvalue weighted by molar-refractivity contribution is 0.456. The van der Waals surface area contributed by atoms with Crippen molar-refractivity contribution in [2.24, 2.45) is 5.92 Å². The molecule has 0 aliphatic carbocycles. The Morgan fingerprint density at radius 1 is 1.36 bits per heavy atom. The molecule has 1 heteroatoms. The van der Waals surface area contributed by atoms with Crippen molar-refractivity contribution in [1.29, 1.82) is 0 Å². The molecule has 1 aliphatic rings. The average molecular weight is 153 g/mol. The summed E-state index contributed by atoms with van der Waals surface area (Å²) in [7, 11) is 0. The molecule has 0 saturated heterocycles. The van der Waals surface area contributed by atoms with E-state index in [0.29, 0.717) is 11.5 Å². The third-order valence-electron chi connectivity index (χ3n) is 2.34. The molecule has 0 aromatic carbocycles. The summed E-state index contributed by atoms with van der Waals surface area (Å²) in [5.41, 5.74) is 3.28. The van der Waals surface area contributed by atoms with Crippen LogP contribution in [0.15, 0.2) is 11.3 Å². The van der Waals surface area contributed by atoms with Gasteiger partial charge in [-0.1, -0.05) is 13.8 Å². The summed E-state index contributed by atoms with van der Waals surface area (Å²) in [6.07, 6.45) is 1.20. The van der Waals surface area contributed by atoms with E-state index in [4.69, 9.17) is 0 Å². The van der Waals surface area contributed by atoms with Crippen LogP contribution in [0, 0.1) is 5.92 Å². The molecular weight excluding hydrogens is 134 g/mol. The lowest BCUT2D eigenvalue weighted by Gasteiger charge is -2.19. The van der Waals surface area contributed by atoms with Crippen LogP contribution in [0.4, 0.5) is 0 Å². The zero-order valence-corrected chi connectivity index (χ0v) is 8.28. The standard InChI is InChI=1S/C10H19N/c1-7(2)9-6-10(4,5)11-8(9)3/h7,11H,6H2,1-5H3. The normalized spacial score (nSPS) is 22.7. The van der Waals surface area contributed by atoms with Crippen LogP contribution in [0.1, 0.15) is 41.0 Å². The van der Waals surface area contributed by atoms with Gasteiger partial charge < -0.3 is 5.32 Å². The maximum absolute atomic E-state index is 3.50. The molecule has 64 valence electrons. The molecule has 1 rings (SSSR count). The fraction of sp³-hybridized carbons (Fsp3) is 0.800. The van der Waals surface area contributed by atoms with Crippen molar-refractivity contribution in [3.8, 4) is 0 Å². The van der Waals surface area contributed by atoms with E-state index in [-0.39, 0.29) is 0 Å². The lowest BCUT2D eigenvalue weighted by Crippen LogP contribution is -2.32. The summed E-state index contributed by atoms with van der Waals surface area (Å²) in [5.74, 6) is 0.698. The summed E-state index contributed by atoms with van der Waals surface area (Å²) in [4.78, 5) is 0. The first-order chi connectivity index (χ1) is 4.92. The highest BCUT2D eigenvalue weighted by molar-refractivity contribution is 5.23. The second kappa shape index (κ2) is 2.54. The van der Waals surface area contributed by atoms with Gasteiger partial charge in [0, 0.05) is 11.2 Å². The zero-order valence-electron chi connectivity index (χ0n) is 8.28. The lowest BCUT2D eigenvalue weighted by atomic mass is 9.93. The van der Waals surface area contributed by atoms with Crippen molar-refractivity contribution in [3.63, 3.8) is 0 Å². The van der Waals surface area contributed by atoms with Crippen LogP contribution in [-0.2, 0) is 0 Å². The fourth-order valence-electron chi connectivity index (χ4n) is 1.88. The Morgan fingerprint density at radius 3 is 2.09 bits per heavy atom. The van der Waals surface area contributed by atoms with E-state index < -0.39 is 0 Å². The predicted molar refractivity (Wildman–Crippen MR) is 49.4 cm³/mol. The summed E-state index contributed by atoms with van der Waals surface area (Å²) < 4.78 is 0. The summed E-state index contributed by atoms with van der Waals surface area (Å²) in [5, 5.41) is 3.50. The minimum absolute atomic E-state index is 0.295. The molecular formula is C10H19N. The Morgan fingerprint density at radius 2 is 1.91 bits per heavy atom. The number of allylic oxidation sites excluding steroid dienone is 1. The fourth-order valence-corrected chi connectivity index (χ4v) is 1.88. The molecule has 11 heavy (non-hydrogen) atoms. The average Bonchev–Trinajstić information content (AvgIpc) is 2.05. The van der Waals surface area contributed by atoms with Crippen molar-refractivity contribution in [2.45, 2.75) is 46.6 Å². The van der Waals surface area contributed by atoms with Crippen LogP contribution < -0.4 is 5.32 Å². The first kappa shape index (κ1) is 8.63. The van der Waals surface area contributed by atoms with Gasteiger partial charge in [-0.2, -0.15) is 0 Å². The molecule has 0 atom stereocenters. The van der Waals surface area contributed by atoms with E-state index >= 15 is 0 Å². The molecule has 1 heterocycles. The van der Waals surface area contributed by atoms with E-state index in [0.717, 1.165) is 0 Å². The summed E-state index contributed by atoms with van der Waals surface area (Å²) in [6.45, 7) is 11.2. The zero-order chi connectivity index (χ0) is 8.65. The Hall–Kier alpha value is -0.460. The van der Waals surface area contributed by atoms with E-state index in [1.54, 1.807) is 5.57 Å². The molecule has 0 aromatic heterocycles. The highest BCUT2D eigenvalue weighted by atomic mass is 15.0. The highest BCUT2D eigenvalue weighted by Crippen LogP contribution is 2.31. The van der Waals surface area contributed by atoms with Crippen molar-refractivity contribution in [1.82, 2.24) is 5.32 Å². The van der Waals surface area contributed by atoms with Gasteiger partial charge >= 0.3 is 0 Å². The molecule has 1 nitrogen and oxygen atoms in total. The van der Waals surface area contributed by atoms with E-state index in [9.17, 15) is 0 Å². The summed E-state index contributed by atoms with van der Waals surface area (Å²) >= 11 is 0. The molecule has 0 fully saturated rings. The van der Waals surface area contributed by atoms with Gasteiger partial charge in [0.1, 0.15) is 0 Å². The molecule has 0 saturated carbocycles. The quantitative estimate of drug-likeness (QED) is 0.610. The number of nitrogens with one attached hydrogen (secondary N) is 1. The van der Waals surface area contributed by atoms with Crippen molar-refractivity contribution < 1.29 is 0 Å². The number of hydrogen-bond donors (Lipinski definition) is 1. The van der Waals surface area contributed by atoms with E-state index in [1.165, 1.54) is 12.1 Å². The molecule has 0 spiro atoms. The van der Waals surface area contributed by atoms with Gasteiger partial charge in [0.05, 0.1) is 0 Å².